The summed E-state index contributed by atoms with van der Waals surface area (Å²) in [7, 11) is 1.70. The van der Waals surface area contributed by atoms with E-state index in [9.17, 15) is 29.6 Å². The van der Waals surface area contributed by atoms with Crippen molar-refractivity contribution in [2.45, 2.75) is 97.2 Å². The Bertz CT molecular complexity index is 1760. The van der Waals surface area contributed by atoms with Crippen molar-refractivity contribution in [3.63, 3.8) is 0 Å². The molecule has 1 aromatic heterocycles. The topological polar surface area (TPSA) is 221 Å². The van der Waals surface area contributed by atoms with E-state index in [-0.39, 0.29) is 47.6 Å². The number of nitrogens with zero attached hydrogens (tertiary/aromatic N) is 3. The van der Waals surface area contributed by atoms with Crippen LogP contribution >= 0.6 is 0 Å². The maximum absolute atomic E-state index is 13.6. The molecule has 56 heavy (non-hydrogen) atoms. The number of aryl methyl sites for hydroxylation is 1. The molecule has 0 bridgehead atoms. The van der Waals surface area contributed by atoms with Crippen molar-refractivity contribution in [3.05, 3.63) is 63.8 Å². The van der Waals surface area contributed by atoms with Gasteiger partial charge in [-0.3, -0.25) is 19.5 Å². The van der Waals surface area contributed by atoms with Gasteiger partial charge in [0.2, 0.25) is 5.91 Å². The highest BCUT2D eigenvalue weighted by Gasteiger charge is 2.33. The molecule has 2 amide bonds. The number of methoxy groups -OCH3 is 1. The van der Waals surface area contributed by atoms with Gasteiger partial charge in [0.15, 0.2) is 6.61 Å². The number of carbonyl (C=O) groups is 3. The lowest BCUT2D eigenvalue weighted by molar-refractivity contribution is -0.711. The molecule has 3 aromatic rings. The van der Waals surface area contributed by atoms with Crippen molar-refractivity contribution in [2.24, 2.45) is 29.4 Å². The minimum atomic E-state index is -1.15. The molecule has 0 saturated carbocycles. The number of ether oxygens (including phenoxy) is 3. The van der Waals surface area contributed by atoms with Crippen LogP contribution in [0.5, 0.6) is 11.5 Å². The average molecular weight is 783 g/mol. The maximum atomic E-state index is 13.6. The number of likely N-dealkylation sites (tertiary alicyclic amines) is 1. The molecule has 308 valence electrons. The Labute approximate surface area is 327 Å². The number of nitrogens with two attached hydrogens (primary N) is 1. The Morgan fingerprint density at radius 3 is 2.43 bits per heavy atom. The number of aliphatic hydroxyl groups excluding tert-OH is 1. The summed E-state index contributed by atoms with van der Waals surface area (Å²) in [6, 6.07) is 10.9. The van der Waals surface area contributed by atoms with E-state index in [4.69, 9.17) is 19.9 Å². The Kier molecular flexibility index (Phi) is 16.4. The normalized spacial score (nSPS) is 16.3. The fourth-order valence-corrected chi connectivity index (χ4v) is 7.44. The molecule has 5 atom stereocenters. The first-order valence-corrected chi connectivity index (χ1v) is 19.4. The lowest BCUT2D eigenvalue weighted by Gasteiger charge is -2.35. The first-order valence-electron chi connectivity index (χ1n) is 19.4. The second kappa shape index (κ2) is 20.9. The predicted molar refractivity (Wildman–Crippen MR) is 208 cm³/mol. The Morgan fingerprint density at radius 1 is 1.05 bits per heavy atom. The van der Waals surface area contributed by atoms with Crippen molar-refractivity contribution < 1.29 is 43.6 Å². The second-order valence-electron chi connectivity index (χ2n) is 15.4. The number of aromatic nitrogens is 2. The van der Waals surface area contributed by atoms with Crippen LogP contribution in [0.1, 0.15) is 83.9 Å². The molecule has 1 aliphatic heterocycles. The van der Waals surface area contributed by atoms with Crippen LogP contribution in [0, 0.1) is 33.8 Å². The van der Waals surface area contributed by atoms with Crippen molar-refractivity contribution >= 4 is 28.9 Å². The number of hydrogen-bond acceptors (Lipinski definition) is 12. The van der Waals surface area contributed by atoms with Gasteiger partial charge in [-0.2, -0.15) is 5.10 Å². The molecule has 4 rings (SSSR count). The number of aliphatic hydroxyl groups is 1. The number of carbonyl (C=O) groups excluding carboxylic acids is 3. The largest absolute Gasteiger partial charge is 0.514 e. The zero-order chi connectivity index (χ0) is 40.9. The first-order chi connectivity index (χ1) is 26.7. The van der Waals surface area contributed by atoms with Crippen molar-refractivity contribution in [2.75, 3.05) is 33.4 Å². The smallest absolute Gasteiger partial charge is 0.424 e. The third kappa shape index (κ3) is 12.6. The molecule has 2 aromatic carbocycles. The zero-order valence-electron chi connectivity index (χ0n) is 33.3. The molecule has 0 radical (unpaired) electrons. The molecule has 2 heterocycles. The lowest BCUT2D eigenvalue weighted by Crippen LogP contribution is -2.50. The Morgan fingerprint density at radius 2 is 1.77 bits per heavy atom. The van der Waals surface area contributed by atoms with E-state index in [1.165, 1.54) is 23.8 Å². The predicted octanol–water partition coefficient (Wildman–Crippen LogP) is 5.15. The van der Waals surface area contributed by atoms with Gasteiger partial charge < -0.3 is 35.3 Å². The number of aromatic amines is 1. The minimum Gasteiger partial charge on any atom is -0.424 e. The molecule has 1 saturated heterocycles. The van der Waals surface area contributed by atoms with E-state index in [1.54, 1.807) is 12.0 Å². The van der Waals surface area contributed by atoms with Gasteiger partial charge in [-0.1, -0.05) is 46.8 Å². The van der Waals surface area contributed by atoms with Crippen LogP contribution in [0.15, 0.2) is 42.5 Å². The van der Waals surface area contributed by atoms with E-state index >= 15 is 0 Å². The van der Waals surface area contributed by atoms with Gasteiger partial charge in [-0.15, -0.1) is 10.1 Å². The lowest BCUT2D eigenvalue weighted by atomic mass is 9.75. The number of amides is 2. The third-order valence-corrected chi connectivity index (χ3v) is 10.8. The number of fused-ring (bicyclic) bond motifs is 1. The minimum absolute atomic E-state index is 0.0434. The van der Waals surface area contributed by atoms with Gasteiger partial charge in [0.25, 0.3) is 11.0 Å². The summed E-state index contributed by atoms with van der Waals surface area (Å²) < 4.78 is 15.2. The van der Waals surface area contributed by atoms with Gasteiger partial charge in [0.1, 0.15) is 11.5 Å². The summed E-state index contributed by atoms with van der Waals surface area (Å²) in [5.74, 6) is -0.619. The Balaban J connectivity index is 1.25. The van der Waals surface area contributed by atoms with E-state index in [1.807, 2.05) is 13.8 Å². The number of hydrogen-bond donors (Lipinski definition) is 4. The first kappa shape index (κ1) is 43.9. The number of H-pyrrole nitrogens is 1. The van der Waals surface area contributed by atoms with Gasteiger partial charge in [0, 0.05) is 62.0 Å². The van der Waals surface area contributed by atoms with Crippen LogP contribution in [0.25, 0.3) is 10.9 Å². The molecule has 0 spiro atoms. The fraction of sp³-hybridized carbons (Fsp3) is 0.600. The highest BCUT2D eigenvalue weighted by molar-refractivity contribution is 5.82. The molecule has 16 nitrogen and oxygen atoms in total. The average Bonchev–Trinajstić information content (AvgIpc) is 3.56. The summed E-state index contributed by atoms with van der Waals surface area (Å²) >= 11 is 0. The van der Waals surface area contributed by atoms with Gasteiger partial charge in [0.05, 0.1) is 11.6 Å². The summed E-state index contributed by atoms with van der Waals surface area (Å²) in [6.07, 6.45) is 1.55. The molecule has 1 fully saturated rings. The molecule has 0 aliphatic carbocycles. The van der Waals surface area contributed by atoms with Crippen LogP contribution in [-0.4, -0.2) is 94.9 Å². The quantitative estimate of drug-likeness (QED) is 0.0384. The van der Waals surface area contributed by atoms with E-state index in [0.29, 0.717) is 44.9 Å². The summed E-state index contributed by atoms with van der Waals surface area (Å²) in [5.41, 5.74) is 9.92. The monoisotopic (exact) mass is 782 g/mol. The van der Waals surface area contributed by atoms with Gasteiger partial charge in [-0.25, -0.2) is 4.79 Å². The van der Waals surface area contributed by atoms with Crippen LogP contribution in [-0.2, 0) is 25.5 Å². The highest BCUT2D eigenvalue weighted by atomic mass is 17.0. The van der Waals surface area contributed by atoms with Gasteiger partial charge in [-0.05, 0) is 92.0 Å². The van der Waals surface area contributed by atoms with Crippen LogP contribution in [0.3, 0.4) is 0 Å². The van der Waals surface area contributed by atoms with Crippen LogP contribution in [0.4, 0.5) is 4.79 Å². The summed E-state index contributed by atoms with van der Waals surface area (Å²) in [5, 5.41) is 32.8. The molecule has 1 aliphatic rings. The van der Waals surface area contributed by atoms with Crippen LogP contribution in [0.2, 0.25) is 0 Å². The van der Waals surface area contributed by atoms with E-state index in [2.05, 4.69) is 59.3 Å². The SMILES string of the molecule is COCCCc1[nH]nc2ccc(C(C)[C@@H](C[C@H](N)[C@@H](O)C[C@H](C(=O)NC3CCN(C(=O)COC(=O)Oc4cccc(O[N+](=O)[O-])c4)CC3)C(C)C)C(C)C)cc12. The zero-order valence-corrected chi connectivity index (χ0v) is 33.3. The van der Waals surface area contributed by atoms with E-state index < -0.39 is 41.8 Å². The summed E-state index contributed by atoms with van der Waals surface area (Å²) in [4.78, 5) is 54.9. The third-order valence-electron chi connectivity index (χ3n) is 10.8. The van der Waals surface area contributed by atoms with Crippen molar-refractivity contribution in [1.29, 1.82) is 0 Å². The Hall–Kier alpha value is -4.80. The van der Waals surface area contributed by atoms with Gasteiger partial charge >= 0.3 is 6.16 Å². The van der Waals surface area contributed by atoms with E-state index in [0.717, 1.165) is 35.5 Å². The maximum Gasteiger partial charge on any atom is 0.514 e. The molecule has 1 unspecified atom stereocenters. The number of benzene rings is 2. The molecular weight excluding hydrogens is 724 g/mol. The van der Waals surface area contributed by atoms with Crippen molar-refractivity contribution in [1.82, 2.24) is 20.4 Å². The number of rotatable bonds is 20. The summed E-state index contributed by atoms with van der Waals surface area (Å²) in [6.45, 7) is 11.3. The number of piperidine rings is 1. The standard InChI is InChI=1S/C40H58N6O10/c1-24(2)31(26(5)27-12-13-36-33(19-27)35(43-44-36)11-8-18-53-6)21-34(41)37(47)22-32(25(3)4)39(49)42-28-14-16-45(17-15-28)38(48)23-54-40(50)55-29-9-7-10-30(20-29)56-46(51)52/h7,9-10,12-13,19-20,24-26,28,31-32,34,37,47H,8,11,14-18,21-23,41H2,1-6H3,(H,42,49)(H,43,44)/t26?,31-,32-,34-,37-/m0/s1. The molecular formula is C40H58N6O10. The van der Waals surface area contributed by atoms with Crippen molar-refractivity contribution in [3.8, 4) is 11.5 Å². The second-order valence-corrected chi connectivity index (χ2v) is 15.4. The molecule has 16 heteroatoms. The fourth-order valence-electron chi connectivity index (χ4n) is 7.44. The number of nitrogens with one attached hydrogen (secondary N) is 2. The van der Waals surface area contributed by atoms with Crippen LogP contribution < -0.4 is 20.6 Å². The molecule has 5 N–H and O–H groups in total. The highest BCUT2D eigenvalue weighted by Crippen LogP contribution is 2.36.